The summed E-state index contributed by atoms with van der Waals surface area (Å²) in [4.78, 5) is 15.7. The number of amides is 1. The molecule has 0 aliphatic rings. The zero-order valence-corrected chi connectivity index (χ0v) is 17.7. The van der Waals surface area contributed by atoms with Crippen LogP contribution in [0.4, 0.5) is 0 Å². The van der Waals surface area contributed by atoms with Crippen LogP contribution in [0, 0.1) is 0 Å². The van der Waals surface area contributed by atoms with Crippen molar-refractivity contribution in [3.8, 4) is 17.0 Å². The van der Waals surface area contributed by atoms with Crippen molar-refractivity contribution in [2.45, 2.75) is 6.61 Å². The highest BCUT2D eigenvalue weighted by molar-refractivity contribution is 6.00. The quantitative estimate of drug-likeness (QED) is 0.251. The van der Waals surface area contributed by atoms with Crippen LogP contribution in [0.3, 0.4) is 0 Å². The predicted molar refractivity (Wildman–Crippen MR) is 128 cm³/mol. The molecule has 0 fully saturated rings. The van der Waals surface area contributed by atoms with Gasteiger partial charge in [0.1, 0.15) is 18.1 Å². The van der Waals surface area contributed by atoms with Gasteiger partial charge in [0.05, 0.1) is 11.9 Å². The molecule has 2 heterocycles. The van der Waals surface area contributed by atoms with Crippen molar-refractivity contribution < 1.29 is 9.53 Å². The smallest absolute Gasteiger partial charge is 0.289 e. The molecule has 0 aliphatic carbocycles. The third kappa shape index (κ3) is 4.52. The zero-order valence-electron chi connectivity index (χ0n) is 17.7. The van der Waals surface area contributed by atoms with Crippen molar-refractivity contribution in [2.24, 2.45) is 5.10 Å². The van der Waals surface area contributed by atoms with Gasteiger partial charge in [-0.15, -0.1) is 0 Å². The molecule has 2 aromatic heterocycles. The molecule has 0 saturated carbocycles. The fraction of sp³-hybridized carbons (Fsp3) is 0.0385. The number of ether oxygens (including phenoxy) is 1. The number of carbonyl (C=O) groups excluding carboxylic acids is 1. The lowest BCUT2D eigenvalue weighted by atomic mass is 10.1. The van der Waals surface area contributed by atoms with Gasteiger partial charge in [-0.1, -0.05) is 60.7 Å². The molecular formula is C26H21N5O2. The van der Waals surface area contributed by atoms with E-state index in [9.17, 15) is 4.79 Å². The van der Waals surface area contributed by atoms with Gasteiger partial charge >= 0.3 is 0 Å². The van der Waals surface area contributed by atoms with Crippen molar-refractivity contribution in [1.82, 2.24) is 20.6 Å². The minimum atomic E-state index is -0.382. The largest absolute Gasteiger partial charge is 0.488 e. The summed E-state index contributed by atoms with van der Waals surface area (Å²) in [7, 11) is 0. The summed E-state index contributed by atoms with van der Waals surface area (Å²) in [6.07, 6.45) is 3.46. The number of nitrogens with zero attached hydrogens (tertiary/aromatic N) is 2. The standard InChI is InChI=1S/C26H21N5O2/c32-26(31-28-16-19-15-27-22-12-6-4-10-20(19)22)24-14-23(29-30-24)21-11-5-7-13-25(21)33-17-18-8-2-1-3-9-18/h1-16,27H,17H2,(H,29,30)(H,31,32). The zero-order chi connectivity index (χ0) is 22.5. The Balaban J connectivity index is 1.27. The van der Waals surface area contributed by atoms with E-state index in [1.54, 1.807) is 12.3 Å². The van der Waals surface area contributed by atoms with Gasteiger partial charge in [0.2, 0.25) is 0 Å². The van der Waals surface area contributed by atoms with Crippen molar-refractivity contribution in [3.05, 3.63) is 108 Å². The number of carbonyl (C=O) groups is 1. The molecule has 0 spiro atoms. The molecule has 0 atom stereocenters. The second-order valence-corrected chi connectivity index (χ2v) is 7.43. The van der Waals surface area contributed by atoms with E-state index in [-0.39, 0.29) is 5.91 Å². The predicted octanol–water partition coefficient (Wildman–Crippen LogP) is 4.90. The van der Waals surface area contributed by atoms with Gasteiger partial charge in [-0.2, -0.15) is 10.2 Å². The van der Waals surface area contributed by atoms with E-state index in [1.807, 2.05) is 85.1 Å². The van der Waals surface area contributed by atoms with Crippen LogP contribution in [0.1, 0.15) is 21.6 Å². The number of hydrogen-bond donors (Lipinski definition) is 3. The number of aromatic amines is 2. The van der Waals surface area contributed by atoms with Crippen molar-refractivity contribution in [3.63, 3.8) is 0 Å². The number of para-hydroxylation sites is 2. The molecule has 3 N–H and O–H groups in total. The van der Waals surface area contributed by atoms with Crippen LogP contribution < -0.4 is 10.2 Å². The van der Waals surface area contributed by atoms with Crippen LogP contribution in [-0.4, -0.2) is 27.3 Å². The highest BCUT2D eigenvalue weighted by Crippen LogP contribution is 2.29. The van der Waals surface area contributed by atoms with Gasteiger partial charge in [-0.05, 0) is 29.8 Å². The van der Waals surface area contributed by atoms with Gasteiger partial charge in [0.15, 0.2) is 0 Å². The Bertz CT molecular complexity index is 1420. The van der Waals surface area contributed by atoms with Crippen molar-refractivity contribution in [2.75, 3.05) is 0 Å². The first-order valence-corrected chi connectivity index (χ1v) is 10.5. The molecule has 7 heteroatoms. The lowest BCUT2D eigenvalue weighted by Crippen LogP contribution is -2.17. The minimum Gasteiger partial charge on any atom is -0.488 e. The first-order chi connectivity index (χ1) is 16.3. The average molecular weight is 435 g/mol. The van der Waals surface area contributed by atoms with E-state index in [4.69, 9.17) is 4.74 Å². The number of benzene rings is 3. The lowest BCUT2D eigenvalue weighted by Gasteiger charge is -2.10. The summed E-state index contributed by atoms with van der Waals surface area (Å²) in [6, 6.07) is 27.1. The number of H-pyrrole nitrogens is 2. The van der Waals surface area contributed by atoms with E-state index in [1.165, 1.54) is 0 Å². The number of nitrogens with one attached hydrogen (secondary N) is 3. The third-order valence-corrected chi connectivity index (χ3v) is 5.21. The van der Waals surface area contributed by atoms with E-state index in [0.29, 0.717) is 23.7 Å². The molecule has 0 radical (unpaired) electrons. The average Bonchev–Trinajstić information content (AvgIpc) is 3.52. The van der Waals surface area contributed by atoms with Gasteiger partial charge in [-0.25, -0.2) is 5.43 Å². The van der Waals surface area contributed by atoms with E-state index in [2.05, 4.69) is 25.7 Å². The number of fused-ring (bicyclic) bond motifs is 1. The van der Waals surface area contributed by atoms with Crippen LogP contribution in [0.15, 0.2) is 96.2 Å². The molecular weight excluding hydrogens is 414 g/mol. The van der Waals surface area contributed by atoms with Gasteiger partial charge < -0.3 is 9.72 Å². The summed E-state index contributed by atoms with van der Waals surface area (Å²) in [5.74, 6) is 0.310. The Kier molecular flexibility index (Phi) is 5.67. The van der Waals surface area contributed by atoms with E-state index in [0.717, 1.165) is 27.6 Å². The van der Waals surface area contributed by atoms with Crippen LogP contribution >= 0.6 is 0 Å². The number of hydrazone groups is 1. The highest BCUT2D eigenvalue weighted by Gasteiger charge is 2.14. The molecule has 0 saturated heterocycles. The SMILES string of the molecule is O=C(NN=Cc1c[nH]c2ccccc12)c1cc(-c2ccccc2OCc2ccccc2)n[nH]1. The maximum Gasteiger partial charge on any atom is 0.289 e. The van der Waals surface area contributed by atoms with Gasteiger partial charge in [0, 0.05) is 28.2 Å². The van der Waals surface area contributed by atoms with Crippen LogP contribution in [-0.2, 0) is 6.61 Å². The van der Waals surface area contributed by atoms with Gasteiger partial charge in [-0.3, -0.25) is 9.89 Å². The summed E-state index contributed by atoms with van der Waals surface area (Å²) in [6.45, 7) is 0.443. The summed E-state index contributed by atoms with van der Waals surface area (Å²) in [5.41, 5.74) is 7.23. The molecule has 0 bridgehead atoms. The second-order valence-electron chi connectivity index (χ2n) is 7.43. The maximum absolute atomic E-state index is 12.5. The number of aromatic nitrogens is 3. The molecule has 1 amide bonds. The van der Waals surface area contributed by atoms with Crippen LogP contribution in [0.25, 0.3) is 22.2 Å². The molecule has 0 aliphatic heterocycles. The monoisotopic (exact) mass is 435 g/mol. The van der Waals surface area contributed by atoms with Crippen LogP contribution in [0.2, 0.25) is 0 Å². The first kappa shape index (κ1) is 20.3. The Morgan fingerprint density at radius 2 is 1.79 bits per heavy atom. The Hall–Kier alpha value is -4.65. The number of hydrogen-bond acceptors (Lipinski definition) is 4. The molecule has 162 valence electrons. The Morgan fingerprint density at radius 3 is 2.70 bits per heavy atom. The van der Waals surface area contributed by atoms with E-state index >= 15 is 0 Å². The fourth-order valence-corrected chi connectivity index (χ4v) is 3.54. The third-order valence-electron chi connectivity index (χ3n) is 5.21. The maximum atomic E-state index is 12.5. The summed E-state index contributed by atoms with van der Waals surface area (Å²) in [5, 5.41) is 12.2. The van der Waals surface area contributed by atoms with Crippen LogP contribution in [0.5, 0.6) is 5.75 Å². The molecule has 3 aromatic carbocycles. The lowest BCUT2D eigenvalue weighted by molar-refractivity contribution is 0.0950. The Labute approximate surface area is 190 Å². The molecule has 0 unspecified atom stereocenters. The molecule has 33 heavy (non-hydrogen) atoms. The van der Waals surface area contributed by atoms with Crippen molar-refractivity contribution in [1.29, 1.82) is 0 Å². The highest BCUT2D eigenvalue weighted by atomic mass is 16.5. The first-order valence-electron chi connectivity index (χ1n) is 10.5. The molecule has 7 nitrogen and oxygen atoms in total. The minimum absolute atomic E-state index is 0.305. The normalized spacial score (nSPS) is 11.2. The Morgan fingerprint density at radius 1 is 1.00 bits per heavy atom. The summed E-state index contributed by atoms with van der Waals surface area (Å²) >= 11 is 0. The topological polar surface area (TPSA) is 95.2 Å². The summed E-state index contributed by atoms with van der Waals surface area (Å²) < 4.78 is 6.01. The second kappa shape index (κ2) is 9.23. The van der Waals surface area contributed by atoms with E-state index < -0.39 is 0 Å². The van der Waals surface area contributed by atoms with Crippen molar-refractivity contribution >= 4 is 23.0 Å². The fourth-order valence-electron chi connectivity index (χ4n) is 3.54. The molecule has 5 aromatic rings. The molecule has 5 rings (SSSR count). The van der Waals surface area contributed by atoms with Gasteiger partial charge in [0.25, 0.3) is 5.91 Å². The number of rotatable bonds is 7.